The molecule has 0 saturated heterocycles. The topological polar surface area (TPSA) is 67.4 Å². The molecule has 100 valence electrons. The molecule has 5 nitrogen and oxygen atoms in total. The molecule has 18 heavy (non-hydrogen) atoms. The summed E-state index contributed by atoms with van der Waals surface area (Å²) in [4.78, 5) is 0.244. The first-order chi connectivity index (χ1) is 8.62. The number of benzene rings is 1. The average Bonchev–Trinajstić information content (AvgIpc) is 3.19. The number of nitrogens with one attached hydrogen (secondary N) is 2. The van der Waals surface area contributed by atoms with Crippen LogP contribution in [0, 0.1) is 0 Å². The minimum atomic E-state index is -3.36. The summed E-state index contributed by atoms with van der Waals surface area (Å²) in [5.74, 6) is 0.683. The minimum absolute atomic E-state index is 0.244. The highest BCUT2D eigenvalue weighted by Crippen LogP contribution is 2.18. The van der Waals surface area contributed by atoms with Gasteiger partial charge in [0.15, 0.2) is 0 Å². The van der Waals surface area contributed by atoms with Crippen molar-refractivity contribution in [2.75, 3.05) is 20.2 Å². The normalized spacial score (nSPS) is 15.6. The monoisotopic (exact) mass is 270 g/mol. The molecule has 1 aromatic rings. The summed E-state index contributed by atoms with van der Waals surface area (Å²) in [6.45, 7) is 1.41. The highest BCUT2D eigenvalue weighted by Gasteiger charge is 2.19. The lowest BCUT2D eigenvalue weighted by Crippen LogP contribution is -2.22. The number of sulfonamides is 1. The molecule has 0 spiro atoms. The van der Waals surface area contributed by atoms with Crippen molar-refractivity contribution in [1.29, 1.82) is 0 Å². The molecule has 1 aromatic carbocycles. The molecule has 2 rings (SSSR count). The van der Waals surface area contributed by atoms with Crippen molar-refractivity contribution in [2.24, 2.45) is 0 Å². The molecule has 0 aliphatic heterocycles. The van der Waals surface area contributed by atoms with Crippen molar-refractivity contribution >= 4 is 10.0 Å². The lowest BCUT2D eigenvalue weighted by molar-refractivity contribution is 0.313. The molecule has 0 aromatic heterocycles. The van der Waals surface area contributed by atoms with E-state index in [1.165, 1.54) is 32.0 Å². The van der Waals surface area contributed by atoms with Crippen molar-refractivity contribution < 1.29 is 13.2 Å². The Morgan fingerprint density at radius 3 is 2.50 bits per heavy atom. The van der Waals surface area contributed by atoms with Gasteiger partial charge in [0, 0.05) is 12.6 Å². The van der Waals surface area contributed by atoms with E-state index in [4.69, 9.17) is 4.74 Å². The minimum Gasteiger partial charge on any atom is -0.492 e. The molecule has 1 aliphatic carbocycles. The van der Waals surface area contributed by atoms with Crippen LogP contribution in [0.4, 0.5) is 0 Å². The van der Waals surface area contributed by atoms with Crippen molar-refractivity contribution in [3.05, 3.63) is 24.3 Å². The zero-order chi connectivity index (χ0) is 13.0. The molecule has 6 heteroatoms. The van der Waals surface area contributed by atoms with E-state index in [1.807, 2.05) is 0 Å². The highest BCUT2D eigenvalue weighted by atomic mass is 32.2. The van der Waals surface area contributed by atoms with Crippen LogP contribution < -0.4 is 14.8 Å². The predicted molar refractivity (Wildman–Crippen MR) is 69.2 cm³/mol. The van der Waals surface area contributed by atoms with Gasteiger partial charge in [-0.1, -0.05) is 0 Å². The summed E-state index contributed by atoms with van der Waals surface area (Å²) < 4.78 is 30.8. The Balaban J connectivity index is 1.83. The molecule has 1 aliphatic rings. The Bertz CT molecular complexity index is 481. The summed E-state index contributed by atoms with van der Waals surface area (Å²) in [7, 11) is -1.97. The van der Waals surface area contributed by atoms with Crippen LogP contribution >= 0.6 is 0 Å². The third kappa shape index (κ3) is 3.69. The van der Waals surface area contributed by atoms with Crippen molar-refractivity contribution in [1.82, 2.24) is 10.0 Å². The Kier molecular flexibility index (Phi) is 4.21. The standard InChI is InChI=1S/C12H18N2O3S/c1-13-18(15,16)12-6-4-11(5-7-12)17-9-8-14-10-2-3-10/h4-7,10,13-14H,2-3,8-9H2,1H3. The number of hydrogen-bond acceptors (Lipinski definition) is 4. The first-order valence-electron chi connectivity index (χ1n) is 6.01. The summed E-state index contributed by atoms with van der Waals surface area (Å²) >= 11 is 0. The molecule has 1 saturated carbocycles. The van der Waals surface area contributed by atoms with Gasteiger partial charge in [-0.15, -0.1) is 0 Å². The molecule has 0 heterocycles. The predicted octanol–water partition coefficient (Wildman–Crippen LogP) is 0.725. The van der Waals surface area contributed by atoms with E-state index in [0.29, 0.717) is 18.4 Å². The highest BCUT2D eigenvalue weighted by molar-refractivity contribution is 7.89. The summed E-state index contributed by atoms with van der Waals surface area (Å²) in [5.41, 5.74) is 0. The average molecular weight is 270 g/mol. The van der Waals surface area contributed by atoms with Gasteiger partial charge in [0.2, 0.25) is 10.0 Å². The van der Waals surface area contributed by atoms with E-state index in [2.05, 4.69) is 10.0 Å². The first kappa shape index (κ1) is 13.3. The van der Waals surface area contributed by atoms with E-state index in [-0.39, 0.29) is 4.90 Å². The molecule has 0 atom stereocenters. The van der Waals surface area contributed by atoms with Crippen LogP contribution in [0.1, 0.15) is 12.8 Å². The second-order valence-corrected chi connectivity index (χ2v) is 6.14. The SMILES string of the molecule is CNS(=O)(=O)c1ccc(OCCNC2CC2)cc1. The van der Waals surface area contributed by atoms with Crippen molar-refractivity contribution in [3.63, 3.8) is 0 Å². The fraction of sp³-hybridized carbons (Fsp3) is 0.500. The van der Waals surface area contributed by atoms with Gasteiger partial charge >= 0.3 is 0 Å². The molecule has 0 radical (unpaired) electrons. The molecular formula is C12H18N2O3S. The quantitative estimate of drug-likeness (QED) is 0.717. The molecule has 1 fully saturated rings. The van der Waals surface area contributed by atoms with Crippen molar-refractivity contribution in [3.8, 4) is 5.75 Å². The Hall–Kier alpha value is -1.11. The fourth-order valence-corrected chi connectivity index (χ4v) is 2.28. The lowest BCUT2D eigenvalue weighted by atomic mass is 10.3. The summed E-state index contributed by atoms with van der Waals surface area (Å²) in [6.07, 6.45) is 2.52. The molecular weight excluding hydrogens is 252 g/mol. The van der Waals surface area contributed by atoms with E-state index < -0.39 is 10.0 Å². The van der Waals surface area contributed by atoms with Crippen molar-refractivity contribution in [2.45, 2.75) is 23.8 Å². The van der Waals surface area contributed by atoms with Gasteiger partial charge in [-0.2, -0.15) is 0 Å². The van der Waals surface area contributed by atoms with Crippen LogP contribution in [0.2, 0.25) is 0 Å². The van der Waals surface area contributed by atoms with Crippen LogP contribution in [0.5, 0.6) is 5.75 Å². The Morgan fingerprint density at radius 2 is 1.94 bits per heavy atom. The number of hydrogen-bond donors (Lipinski definition) is 2. The van der Waals surface area contributed by atoms with Gasteiger partial charge in [-0.05, 0) is 44.2 Å². The molecule has 2 N–H and O–H groups in total. The second-order valence-electron chi connectivity index (χ2n) is 4.26. The first-order valence-corrected chi connectivity index (χ1v) is 7.50. The Morgan fingerprint density at radius 1 is 1.28 bits per heavy atom. The van der Waals surface area contributed by atoms with E-state index in [0.717, 1.165) is 6.54 Å². The molecule has 0 bridgehead atoms. The van der Waals surface area contributed by atoms with Crippen LogP contribution in [-0.4, -0.2) is 34.7 Å². The van der Waals surface area contributed by atoms with Gasteiger partial charge in [0.1, 0.15) is 12.4 Å². The van der Waals surface area contributed by atoms with E-state index >= 15 is 0 Å². The fourth-order valence-electron chi connectivity index (χ4n) is 1.55. The third-order valence-corrected chi connectivity index (χ3v) is 4.21. The zero-order valence-electron chi connectivity index (χ0n) is 10.3. The van der Waals surface area contributed by atoms with Crippen LogP contribution in [-0.2, 0) is 10.0 Å². The van der Waals surface area contributed by atoms with Gasteiger partial charge in [0.25, 0.3) is 0 Å². The van der Waals surface area contributed by atoms with E-state index in [1.54, 1.807) is 12.1 Å². The van der Waals surface area contributed by atoms with Gasteiger partial charge in [-0.25, -0.2) is 13.1 Å². The second kappa shape index (κ2) is 5.69. The van der Waals surface area contributed by atoms with E-state index in [9.17, 15) is 8.42 Å². The van der Waals surface area contributed by atoms with Gasteiger partial charge < -0.3 is 10.1 Å². The Labute approximate surface area is 108 Å². The number of ether oxygens (including phenoxy) is 1. The van der Waals surface area contributed by atoms with Crippen LogP contribution in [0.3, 0.4) is 0 Å². The van der Waals surface area contributed by atoms with Crippen LogP contribution in [0.25, 0.3) is 0 Å². The smallest absolute Gasteiger partial charge is 0.240 e. The van der Waals surface area contributed by atoms with Crippen LogP contribution in [0.15, 0.2) is 29.2 Å². The third-order valence-electron chi connectivity index (χ3n) is 2.78. The summed E-state index contributed by atoms with van der Waals surface area (Å²) in [6, 6.07) is 7.09. The number of rotatable bonds is 7. The summed E-state index contributed by atoms with van der Waals surface area (Å²) in [5, 5.41) is 3.34. The largest absolute Gasteiger partial charge is 0.492 e. The molecule has 0 unspecified atom stereocenters. The van der Waals surface area contributed by atoms with Gasteiger partial charge in [-0.3, -0.25) is 0 Å². The molecule has 0 amide bonds. The maximum absolute atomic E-state index is 11.5. The maximum atomic E-state index is 11.5. The maximum Gasteiger partial charge on any atom is 0.240 e. The lowest BCUT2D eigenvalue weighted by Gasteiger charge is -2.08. The van der Waals surface area contributed by atoms with Gasteiger partial charge in [0.05, 0.1) is 4.90 Å². The zero-order valence-corrected chi connectivity index (χ0v) is 11.2.